The van der Waals surface area contributed by atoms with Gasteiger partial charge in [0.2, 0.25) is 0 Å². The number of alkyl carbamates (subject to hydrolysis) is 1. The van der Waals surface area contributed by atoms with Crippen LogP contribution in [0.15, 0.2) is 30.3 Å². The molecule has 0 bridgehead atoms. The van der Waals surface area contributed by atoms with Crippen molar-refractivity contribution in [2.24, 2.45) is 0 Å². The molecule has 0 aliphatic carbocycles. The second-order valence-corrected chi connectivity index (χ2v) is 4.50. The van der Waals surface area contributed by atoms with Crippen LogP contribution in [0.25, 0.3) is 0 Å². The Bertz CT molecular complexity index is 339. The quantitative estimate of drug-likeness (QED) is 0.755. The van der Waals surface area contributed by atoms with Gasteiger partial charge in [0.1, 0.15) is 6.61 Å². The molecule has 0 saturated heterocycles. The van der Waals surface area contributed by atoms with Gasteiger partial charge in [0.05, 0.1) is 0 Å². The molecule has 1 aromatic rings. The number of hydrogen-bond donors (Lipinski definition) is 1. The summed E-state index contributed by atoms with van der Waals surface area (Å²) in [6.45, 7) is 2.03. The first kappa shape index (κ1) is 14.5. The Labute approximate surface area is 109 Å². The van der Waals surface area contributed by atoms with Crippen LogP contribution in [0.3, 0.4) is 0 Å². The monoisotopic (exact) mass is 250 g/mol. The molecular formula is C14H22N2O2. The van der Waals surface area contributed by atoms with Crippen molar-refractivity contribution in [2.45, 2.75) is 19.4 Å². The van der Waals surface area contributed by atoms with Crippen LogP contribution >= 0.6 is 0 Å². The number of carbonyl (C=O) groups is 1. The SMILES string of the molecule is CN(C)CCCCNC(=O)OCc1ccccc1. The number of nitrogens with zero attached hydrogens (tertiary/aromatic N) is 1. The van der Waals surface area contributed by atoms with Gasteiger partial charge in [0.15, 0.2) is 0 Å². The molecule has 0 aliphatic rings. The van der Waals surface area contributed by atoms with Crippen molar-refractivity contribution in [3.63, 3.8) is 0 Å². The van der Waals surface area contributed by atoms with Crippen molar-refractivity contribution in [2.75, 3.05) is 27.2 Å². The van der Waals surface area contributed by atoms with Crippen molar-refractivity contribution in [1.29, 1.82) is 0 Å². The molecule has 0 saturated carbocycles. The van der Waals surface area contributed by atoms with Gasteiger partial charge in [-0.25, -0.2) is 4.79 Å². The molecule has 0 atom stereocenters. The third-order valence-electron chi connectivity index (χ3n) is 2.51. The van der Waals surface area contributed by atoms with Gasteiger partial charge in [-0.15, -0.1) is 0 Å². The smallest absolute Gasteiger partial charge is 0.407 e. The Morgan fingerprint density at radius 2 is 1.94 bits per heavy atom. The number of unbranched alkanes of at least 4 members (excludes halogenated alkanes) is 1. The highest BCUT2D eigenvalue weighted by molar-refractivity contribution is 5.67. The second kappa shape index (κ2) is 8.53. The molecule has 1 rings (SSSR count). The van der Waals surface area contributed by atoms with E-state index in [2.05, 4.69) is 10.2 Å². The average Bonchev–Trinajstić information content (AvgIpc) is 2.37. The molecule has 1 amide bonds. The van der Waals surface area contributed by atoms with Crippen LogP contribution in [0, 0.1) is 0 Å². The maximum Gasteiger partial charge on any atom is 0.407 e. The lowest BCUT2D eigenvalue weighted by Crippen LogP contribution is -2.25. The summed E-state index contributed by atoms with van der Waals surface area (Å²) < 4.78 is 5.10. The fourth-order valence-corrected chi connectivity index (χ4v) is 1.52. The van der Waals surface area contributed by atoms with Crippen molar-refractivity contribution in [1.82, 2.24) is 10.2 Å². The van der Waals surface area contributed by atoms with E-state index in [0.29, 0.717) is 13.2 Å². The van der Waals surface area contributed by atoms with Gasteiger partial charge in [-0.2, -0.15) is 0 Å². The van der Waals surface area contributed by atoms with E-state index in [9.17, 15) is 4.79 Å². The van der Waals surface area contributed by atoms with Crippen LogP contribution in [0.1, 0.15) is 18.4 Å². The minimum absolute atomic E-state index is 0.324. The lowest BCUT2D eigenvalue weighted by atomic mass is 10.2. The average molecular weight is 250 g/mol. The zero-order valence-electron chi connectivity index (χ0n) is 11.2. The Kier molecular flexibility index (Phi) is 6.87. The van der Waals surface area contributed by atoms with Crippen molar-refractivity contribution in [3.8, 4) is 0 Å². The van der Waals surface area contributed by atoms with E-state index in [4.69, 9.17) is 4.74 Å². The molecule has 100 valence electrons. The molecule has 1 aromatic carbocycles. The summed E-state index contributed by atoms with van der Waals surface area (Å²) in [4.78, 5) is 13.5. The van der Waals surface area contributed by atoms with Crippen LogP contribution < -0.4 is 5.32 Å². The first-order valence-corrected chi connectivity index (χ1v) is 6.28. The Morgan fingerprint density at radius 3 is 2.61 bits per heavy atom. The van der Waals surface area contributed by atoms with E-state index in [1.807, 2.05) is 44.4 Å². The Balaban J connectivity index is 2.04. The fraction of sp³-hybridized carbons (Fsp3) is 0.500. The molecular weight excluding hydrogens is 228 g/mol. The van der Waals surface area contributed by atoms with Crippen LogP contribution in [-0.4, -0.2) is 38.2 Å². The van der Waals surface area contributed by atoms with Gasteiger partial charge in [-0.1, -0.05) is 30.3 Å². The van der Waals surface area contributed by atoms with E-state index in [-0.39, 0.29) is 6.09 Å². The third-order valence-corrected chi connectivity index (χ3v) is 2.51. The molecule has 18 heavy (non-hydrogen) atoms. The van der Waals surface area contributed by atoms with Gasteiger partial charge < -0.3 is 15.0 Å². The second-order valence-electron chi connectivity index (χ2n) is 4.50. The van der Waals surface area contributed by atoms with Gasteiger partial charge in [0, 0.05) is 6.54 Å². The number of rotatable bonds is 7. The molecule has 4 heteroatoms. The van der Waals surface area contributed by atoms with Gasteiger partial charge in [0.25, 0.3) is 0 Å². The highest BCUT2D eigenvalue weighted by Crippen LogP contribution is 2.00. The van der Waals surface area contributed by atoms with Gasteiger partial charge >= 0.3 is 6.09 Å². The number of ether oxygens (including phenoxy) is 1. The van der Waals surface area contributed by atoms with Crippen LogP contribution in [0.4, 0.5) is 4.79 Å². The van der Waals surface area contributed by atoms with Crippen LogP contribution in [0.2, 0.25) is 0 Å². The minimum Gasteiger partial charge on any atom is -0.445 e. The Morgan fingerprint density at radius 1 is 1.22 bits per heavy atom. The molecule has 0 radical (unpaired) electrons. The Hall–Kier alpha value is -1.55. The summed E-state index contributed by atoms with van der Waals surface area (Å²) in [6, 6.07) is 9.67. The first-order valence-electron chi connectivity index (χ1n) is 6.28. The molecule has 0 fully saturated rings. The molecule has 0 aliphatic heterocycles. The lowest BCUT2D eigenvalue weighted by molar-refractivity contribution is 0.139. The highest BCUT2D eigenvalue weighted by atomic mass is 16.5. The van der Waals surface area contributed by atoms with Crippen LogP contribution in [0.5, 0.6) is 0 Å². The number of hydrogen-bond acceptors (Lipinski definition) is 3. The number of nitrogens with one attached hydrogen (secondary N) is 1. The fourth-order valence-electron chi connectivity index (χ4n) is 1.52. The third kappa shape index (κ3) is 6.91. The van der Waals surface area contributed by atoms with E-state index in [1.54, 1.807) is 0 Å². The predicted molar refractivity (Wildman–Crippen MR) is 72.4 cm³/mol. The van der Waals surface area contributed by atoms with Crippen molar-refractivity contribution in [3.05, 3.63) is 35.9 Å². The van der Waals surface area contributed by atoms with E-state index < -0.39 is 0 Å². The topological polar surface area (TPSA) is 41.6 Å². The minimum atomic E-state index is -0.344. The molecule has 0 heterocycles. The van der Waals surface area contributed by atoms with E-state index in [1.165, 1.54) is 0 Å². The molecule has 0 spiro atoms. The first-order chi connectivity index (χ1) is 8.68. The molecule has 0 unspecified atom stereocenters. The zero-order chi connectivity index (χ0) is 13.2. The predicted octanol–water partition coefficient (Wildman–Crippen LogP) is 2.25. The van der Waals surface area contributed by atoms with Crippen LogP contribution in [-0.2, 0) is 11.3 Å². The maximum atomic E-state index is 11.4. The number of carbonyl (C=O) groups excluding carboxylic acids is 1. The van der Waals surface area contributed by atoms with E-state index >= 15 is 0 Å². The zero-order valence-corrected chi connectivity index (χ0v) is 11.2. The molecule has 1 N–H and O–H groups in total. The summed E-state index contributed by atoms with van der Waals surface area (Å²) in [6.07, 6.45) is 1.70. The molecule has 0 aromatic heterocycles. The normalized spacial score (nSPS) is 10.4. The van der Waals surface area contributed by atoms with E-state index in [0.717, 1.165) is 24.9 Å². The van der Waals surface area contributed by atoms with Gasteiger partial charge in [-0.3, -0.25) is 0 Å². The standard InChI is InChI=1S/C14H22N2O2/c1-16(2)11-7-6-10-15-14(17)18-12-13-8-4-3-5-9-13/h3-5,8-9H,6-7,10-12H2,1-2H3,(H,15,17). The van der Waals surface area contributed by atoms with Crippen molar-refractivity contribution < 1.29 is 9.53 Å². The summed E-state index contributed by atoms with van der Waals surface area (Å²) >= 11 is 0. The maximum absolute atomic E-state index is 11.4. The summed E-state index contributed by atoms with van der Waals surface area (Å²) in [5.41, 5.74) is 1.00. The summed E-state index contributed by atoms with van der Waals surface area (Å²) in [7, 11) is 4.09. The van der Waals surface area contributed by atoms with Crippen molar-refractivity contribution >= 4 is 6.09 Å². The molecule has 4 nitrogen and oxygen atoms in total. The summed E-state index contributed by atoms with van der Waals surface area (Å²) in [5, 5.41) is 2.75. The summed E-state index contributed by atoms with van der Waals surface area (Å²) in [5.74, 6) is 0. The number of benzene rings is 1. The van der Waals surface area contributed by atoms with Gasteiger partial charge in [-0.05, 0) is 39.0 Å². The lowest BCUT2D eigenvalue weighted by Gasteiger charge is -2.09. The number of amides is 1. The largest absolute Gasteiger partial charge is 0.445 e. The highest BCUT2D eigenvalue weighted by Gasteiger charge is 2.01.